The number of hydrogen-bond acceptors (Lipinski definition) is 2. The number of aliphatic hydroxyl groups is 1. The van der Waals surface area contributed by atoms with E-state index in [2.05, 4.69) is 5.92 Å². The van der Waals surface area contributed by atoms with Gasteiger partial charge in [-0.25, -0.2) is 4.79 Å². The third kappa shape index (κ3) is 2.15. The van der Waals surface area contributed by atoms with E-state index in [-0.39, 0.29) is 6.42 Å². The summed E-state index contributed by atoms with van der Waals surface area (Å²) >= 11 is 0. The van der Waals surface area contributed by atoms with Gasteiger partial charge in [-0.2, -0.15) is 0 Å². The summed E-state index contributed by atoms with van der Waals surface area (Å²) in [5.41, 5.74) is -1.77. The number of terminal acetylenes is 1. The van der Waals surface area contributed by atoms with E-state index in [1.165, 1.54) is 0 Å². The lowest BCUT2D eigenvalue weighted by Crippen LogP contribution is -2.34. The van der Waals surface area contributed by atoms with E-state index in [0.717, 1.165) is 6.92 Å². The van der Waals surface area contributed by atoms with Crippen LogP contribution < -0.4 is 0 Å². The molecule has 3 heteroatoms. The third-order valence-electron chi connectivity index (χ3n) is 0.907. The summed E-state index contributed by atoms with van der Waals surface area (Å²) in [6.45, 7) is 1.16. The summed E-state index contributed by atoms with van der Waals surface area (Å²) in [6.07, 6.45) is 4.61. The van der Waals surface area contributed by atoms with Gasteiger partial charge >= 0.3 is 5.97 Å². The molecule has 0 heterocycles. The lowest BCUT2D eigenvalue weighted by atomic mass is 10.0. The molecule has 1 unspecified atom stereocenters. The Hall–Kier alpha value is -1.01. The highest BCUT2D eigenvalue weighted by atomic mass is 16.4. The first-order chi connectivity index (χ1) is 4.00. The van der Waals surface area contributed by atoms with E-state index in [4.69, 9.17) is 16.6 Å². The highest BCUT2D eigenvalue weighted by molar-refractivity contribution is 5.76. The average molecular weight is 128 g/mol. The fourth-order valence-corrected chi connectivity index (χ4v) is 0.274. The molecular formula is C6H8O3. The first-order valence-electron chi connectivity index (χ1n) is 2.40. The SMILES string of the molecule is C#CCC(C)(O)C(=O)O. The van der Waals surface area contributed by atoms with Crippen LogP contribution in [0.25, 0.3) is 0 Å². The molecule has 0 radical (unpaired) electrons. The molecule has 0 fully saturated rings. The first-order valence-corrected chi connectivity index (χ1v) is 2.40. The van der Waals surface area contributed by atoms with Gasteiger partial charge in [-0.05, 0) is 6.92 Å². The Morgan fingerprint density at radius 3 is 2.44 bits per heavy atom. The van der Waals surface area contributed by atoms with Crippen molar-refractivity contribution in [1.29, 1.82) is 0 Å². The van der Waals surface area contributed by atoms with Crippen LogP contribution in [-0.2, 0) is 4.79 Å². The van der Waals surface area contributed by atoms with Crippen molar-refractivity contribution in [3.05, 3.63) is 0 Å². The van der Waals surface area contributed by atoms with Crippen molar-refractivity contribution in [1.82, 2.24) is 0 Å². The number of hydrogen-bond donors (Lipinski definition) is 2. The highest BCUT2D eigenvalue weighted by Gasteiger charge is 2.28. The van der Waals surface area contributed by atoms with Gasteiger partial charge in [-0.15, -0.1) is 12.3 Å². The second-order valence-corrected chi connectivity index (χ2v) is 1.96. The van der Waals surface area contributed by atoms with E-state index >= 15 is 0 Å². The van der Waals surface area contributed by atoms with Gasteiger partial charge in [0.15, 0.2) is 5.60 Å². The van der Waals surface area contributed by atoms with E-state index < -0.39 is 11.6 Å². The maximum Gasteiger partial charge on any atom is 0.336 e. The zero-order chi connectivity index (χ0) is 7.49. The molecule has 3 nitrogen and oxygen atoms in total. The Bertz CT molecular complexity index is 152. The van der Waals surface area contributed by atoms with Crippen LogP contribution in [-0.4, -0.2) is 21.8 Å². The molecule has 0 rings (SSSR count). The van der Waals surface area contributed by atoms with E-state index in [0.29, 0.717) is 0 Å². The molecule has 1 atom stereocenters. The molecule has 0 aromatic rings. The number of carbonyl (C=O) groups is 1. The van der Waals surface area contributed by atoms with Gasteiger partial charge in [-0.1, -0.05) is 0 Å². The minimum Gasteiger partial charge on any atom is -0.479 e. The monoisotopic (exact) mass is 128 g/mol. The van der Waals surface area contributed by atoms with Gasteiger partial charge in [0.1, 0.15) is 0 Å². The Morgan fingerprint density at radius 2 is 2.33 bits per heavy atom. The van der Waals surface area contributed by atoms with Gasteiger partial charge in [0.25, 0.3) is 0 Å². The standard InChI is InChI=1S/C6H8O3/c1-3-4-6(2,9)5(7)8/h1,9H,4H2,2H3,(H,7,8). The van der Waals surface area contributed by atoms with E-state index in [1.54, 1.807) is 0 Å². The van der Waals surface area contributed by atoms with Gasteiger partial charge in [-0.3, -0.25) is 0 Å². The summed E-state index contributed by atoms with van der Waals surface area (Å²) in [6, 6.07) is 0. The quantitative estimate of drug-likeness (QED) is 0.508. The molecule has 0 aromatic carbocycles. The number of aliphatic carboxylic acids is 1. The molecule has 0 amide bonds. The molecule has 0 saturated heterocycles. The Kier molecular flexibility index (Phi) is 2.23. The Labute approximate surface area is 53.3 Å². The van der Waals surface area contributed by atoms with Crippen LogP contribution in [0.1, 0.15) is 13.3 Å². The fraction of sp³-hybridized carbons (Fsp3) is 0.500. The summed E-state index contributed by atoms with van der Waals surface area (Å²) in [5.74, 6) is 0.767. The maximum absolute atomic E-state index is 10.1. The first kappa shape index (κ1) is 7.99. The zero-order valence-corrected chi connectivity index (χ0v) is 5.09. The van der Waals surface area contributed by atoms with Crippen molar-refractivity contribution >= 4 is 5.97 Å². The molecule has 0 aliphatic rings. The average Bonchev–Trinajstić information content (AvgIpc) is 1.65. The molecule has 0 aliphatic carbocycles. The van der Waals surface area contributed by atoms with Crippen LogP contribution >= 0.6 is 0 Å². The second-order valence-electron chi connectivity index (χ2n) is 1.96. The number of carboxylic acid groups (broad SMARTS) is 1. The van der Waals surface area contributed by atoms with Crippen molar-refractivity contribution in [2.45, 2.75) is 18.9 Å². The molecular weight excluding hydrogens is 120 g/mol. The van der Waals surface area contributed by atoms with E-state index in [1.807, 2.05) is 0 Å². The topological polar surface area (TPSA) is 57.5 Å². The molecule has 50 valence electrons. The van der Waals surface area contributed by atoms with Gasteiger partial charge in [0.2, 0.25) is 0 Å². The summed E-state index contributed by atoms with van der Waals surface area (Å²) < 4.78 is 0. The summed E-state index contributed by atoms with van der Waals surface area (Å²) in [5, 5.41) is 17.1. The largest absolute Gasteiger partial charge is 0.479 e. The van der Waals surface area contributed by atoms with Crippen LogP contribution in [0.2, 0.25) is 0 Å². The van der Waals surface area contributed by atoms with Crippen molar-refractivity contribution in [2.24, 2.45) is 0 Å². The van der Waals surface area contributed by atoms with Crippen molar-refractivity contribution in [3.8, 4) is 12.3 Å². The second kappa shape index (κ2) is 2.51. The summed E-state index contributed by atoms with van der Waals surface area (Å²) in [4.78, 5) is 10.1. The molecule has 2 N–H and O–H groups in total. The van der Waals surface area contributed by atoms with E-state index in [9.17, 15) is 4.79 Å². The zero-order valence-electron chi connectivity index (χ0n) is 5.09. The van der Waals surface area contributed by atoms with Crippen LogP contribution in [0.3, 0.4) is 0 Å². The lowest BCUT2D eigenvalue weighted by molar-refractivity contribution is -0.155. The maximum atomic E-state index is 10.1. The highest BCUT2D eigenvalue weighted by Crippen LogP contribution is 2.06. The fourth-order valence-electron chi connectivity index (χ4n) is 0.274. The number of rotatable bonds is 2. The molecule has 0 aliphatic heterocycles. The Balaban J connectivity index is 4.06. The van der Waals surface area contributed by atoms with Crippen LogP contribution in [0.4, 0.5) is 0 Å². The predicted molar refractivity (Wildman–Crippen MR) is 31.7 cm³/mol. The number of carboxylic acids is 1. The Morgan fingerprint density at radius 1 is 1.89 bits per heavy atom. The van der Waals surface area contributed by atoms with Gasteiger partial charge < -0.3 is 10.2 Å². The molecule has 0 aromatic heterocycles. The molecule has 0 spiro atoms. The lowest BCUT2D eigenvalue weighted by Gasteiger charge is -2.12. The minimum atomic E-state index is -1.77. The van der Waals surface area contributed by atoms with Gasteiger partial charge in [0, 0.05) is 6.42 Å². The van der Waals surface area contributed by atoms with Crippen LogP contribution in [0, 0.1) is 12.3 Å². The van der Waals surface area contributed by atoms with Gasteiger partial charge in [0.05, 0.1) is 0 Å². The van der Waals surface area contributed by atoms with Crippen molar-refractivity contribution < 1.29 is 15.0 Å². The molecule has 9 heavy (non-hydrogen) atoms. The molecule has 0 saturated carbocycles. The van der Waals surface area contributed by atoms with Crippen LogP contribution in [0.15, 0.2) is 0 Å². The smallest absolute Gasteiger partial charge is 0.336 e. The molecule has 0 bridgehead atoms. The van der Waals surface area contributed by atoms with Crippen molar-refractivity contribution in [2.75, 3.05) is 0 Å². The van der Waals surface area contributed by atoms with Crippen molar-refractivity contribution in [3.63, 3.8) is 0 Å². The summed E-state index contributed by atoms with van der Waals surface area (Å²) in [7, 11) is 0. The normalized spacial score (nSPS) is 15.7. The predicted octanol–water partition coefficient (Wildman–Crippen LogP) is -0.155. The minimum absolute atomic E-state index is 0.164. The third-order valence-corrected chi connectivity index (χ3v) is 0.907. The van der Waals surface area contributed by atoms with Crippen LogP contribution in [0.5, 0.6) is 0 Å².